The Morgan fingerprint density at radius 3 is 2.64 bits per heavy atom. The Morgan fingerprint density at radius 1 is 1.23 bits per heavy atom. The highest BCUT2D eigenvalue weighted by Gasteiger charge is 2.01. The molecule has 6 nitrogen and oxygen atoms in total. The Kier molecular flexibility index (Phi) is 5.37. The number of benzene rings is 2. The number of hydrazone groups is 1. The third-order valence-corrected chi connectivity index (χ3v) is 2.70. The van der Waals surface area contributed by atoms with Gasteiger partial charge in [-0.05, 0) is 42.0 Å². The number of aromatic hydroxyl groups is 1. The molecule has 0 heterocycles. The summed E-state index contributed by atoms with van der Waals surface area (Å²) in [5.74, 6) is 1.03. The molecule has 2 N–H and O–H groups in total. The van der Waals surface area contributed by atoms with E-state index in [0.717, 1.165) is 0 Å². The summed E-state index contributed by atoms with van der Waals surface area (Å²) in [6, 6.07) is 13.4. The number of nitrogens with one attached hydrogen (secondary N) is 1. The van der Waals surface area contributed by atoms with Crippen molar-refractivity contribution >= 4 is 12.1 Å². The zero-order valence-corrected chi connectivity index (χ0v) is 12.0. The first-order chi connectivity index (χ1) is 10.7. The first-order valence-corrected chi connectivity index (χ1v) is 6.55. The minimum Gasteiger partial charge on any atom is -0.508 e. The molecule has 114 valence electrons. The summed E-state index contributed by atoms with van der Waals surface area (Å²) < 4.78 is 10.3. The minimum atomic E-state index is -0.382. The van der Waals surface area contributed by atoms with Crippen LogP contribution in [-0.4, -0.2) is 30.9 Å². The Hall–Kier alpha value is -3.02. The number of carbonyl (C=O) groups excluding carboxylic acids is 1. The number of carbonyl (C=O) groups is 1. The molecule has 0 saturated heterocycles. The van der Waals surface area contributed by atoms with Gasteiger partial charge in [0.05, 0.1) is 13.3 Å². The largest absolute Gasteiger partial charge is 0.508 e. The van der Waals surface area contributed by atoms with E-state index < -0.39 is 0 Å². The molecule has 1 amide bonds. The molecular weight excluding hydrogens is 284 g/mol. The van der Waals surface area contributed by atoms with Gasteiger partial charge in [-0.2, -0.15) is 5.10 Å². The van der Waals surface area contributed by atoms with Crippen LogP contribution in [-0.2, 0) is 4.79 Å². The third kappa shape index (κ3) is 4.82. The molecule has 0 unspecified atom stereocenters. The maximum Gasteiger partial charge on any atom is 0.277 e. The number of nitrogens with zero attached hydrogens (tertiary/aromatic N) is 1. The lowest BCUT2D eigenvalue weighted by Crippen LogP contribution is -2.24. The quantitative estimate of drug-likeness (QED) is 0.631. The predicted molar refractivity (Wildman–Crippen MR) is 82.3 cm³/mol. The number of rotatable bonds is 6. The van der Waals surface area contributed by atoms with Crippen molar-refractivity contribution in [2.24, 2.45) is 5.10 Å². The number of ether oxygens (including phenoxy) is 2. The van der Waals surface area contributed by atoms with Crippen LogP contribution in [0.2, 0.25) is 0 Å². The fourth-order valence-corrected chi connectivity index (χ4v) is 1.64. The number of hydrogen-bond donors (Lipinski definition) is 2. The van der Waals surface area contributed by atoms with Crippen LogP contribution in [0.25, 0.3) is 0 Å². The van der Waals surface area contributed by atoms with Gasteiger partial charge < -0.3 is 14.6 Å². The van der Waals surface area contributed by atoms with Crippen molar-refractivity contribution in [3.63, 3.8) is 0 Å². The second-order valence-corrected chi connectivity index (χ2v) is 4.35. The van der Waals surface area contributed by atoms with Crippen LogP contribution in [0.1, 0.15) is 5.56 Å². The minimum absolute atomic E-state index is 0.137. The zero-order valence-electron chi connectivity index (χ0n) is 12.0. The van der Waals surface area contributed by atoms with E-state index >= 15 is 0 Å². The summed E-state index contributed by atoms with van der Waals surface area (Å²) >= 11 is 0. The normalized spacial score (nSPS) is 10.4. The van der Waals surface area contributed by atoms with Gasteiger partial charge in [-0.3, -0.25) is 4.79 Å². The van der Waals surface area contributed by atoms with Gasteiger partial charge in [0.25, 0.3) is 5.91 Å². The van der Waals surface area contributed by atoms with Crippen molar-refractivity contribution in [3.05, 3.63) is 54.1 Å². The molecule has 0 aliphatic rings. The molecule has 0 spiro atoms. The molecule has 0 aliphatic carbocycles. The number of methoxy groups -OCH3 is 1. The van der Waals surface area contributed by atoms with Crippen LogP contribution in [0.5, 0.6) is 17.2 Å². The third-order valence-electron chi connectivity index (χ3n) is 2.70. The van der Waals surface area contributed by atoms with Crippen LogP contribution < -0.4 is 14.9 Å². The van der Waals surface area contributed by atoms with E-state index in [4.69, 9.17) is 9.47 Å². The molecular formula is C16H16N2O4. The molecule has 6 heteroatoms. The van der Waals surface area contributed by atoms with E-state index in [9.17, 15) is 9.90 Å². The van der Waals surface area contributed by atoms with Crippen LogP contribution in [0, 0.1) is 0 Å². The monoisotopic (exact) mass is 300 g/mol. The molecule has 2 rings (SSSR count). The molecule has 0 aliphatic heterocycles. The van der Waals surface area contributed by atoms with Gasteiger partial charge in [0.1, 0.15) is 17.2 Å². The van der Waals surface area contributed by atoms with E-state index in [-0.39, 0.29) is 18.3 Å². The Morgan fingerprint density at radius 2 is 1.95 bits per heavy atom. The number of phenols is 1. The standard InChI is InChI=1S/C16H16N2O4/c1-21-14-5-7-15(8-6-14)22-11-16(20)18-17-10-12-3-2-4-13(19)9-12/h2-10,19H,11H2,1H3,(H,18,20)/b17-10-. The van der Waals surface area contributed by atoms with E-state index in [1.165, 1.54) is 12.3 Å². The van der Waals surface area contributed by atoms with Gasteiger partial charge in [0, 0.05) is 0 Å². The molecule has 0 saturated carbocycles. The van der Waals surface area contributed by atoms with E-state index in [0.29, 0.717) is 17.1 Å². The SMILES string of the molecule is COc1ccc(OCC(=O)N/N=C\c2cccc(O)c2)cc1. The van der Waals surface area contributed by atoms with E-state index in [1.807, 2.05) is 0 Å². The molecule has 0 radical (unpaired) electrons. The second kappa shape index (κ2) is 7.68. The lowest BCUT2D eigenvalue weighted by Gasteiger charge is -2.05. The summed E-state index contributed by atoms with van der Waals surface area (Å²) in [7, 11) is 1.58. The van der Waals surface area contributed by atoms with Crippen LogP contribution >= 0.6 is 0 Å². The summed E-state index contributed by atoms with van der Waals surface area (Å²) in [6.07, 6.45) is 1.44. The second-order valence-electron chi connectivity index (χ2n) is 4.35. The molecule has 22 heavy (non-hydrogen) atoms. The van der Waals surface area contributed by atoms with Crippen LogP contribution in [0.4, 0.5) is 0 Å². The Labute approximate surface area is 128 Å². The fraction of sp³-hybridized carbons (Fsp3) is 0.125. The van der Waals surface area contributed by atoms with Crippen molar-refractivity contribution in [2.75, 3.05) is 13.7 Å². The van der Waals surface area contributed by atoms with Gasteiger partial charge in [-0.1, -0.05) is 12.1 Å². The predicted octanol–water partition coefficient (Wildman–Crippen LogP) is 1.93. The van der Waals surface area contributed by atoms with Crippen molar-refractivity contribution in [1.82, 2.24) is 5.43 Å². The van der Waals surface area contributed by atoms with Crippen molar-refractivity contribution < 1.29 is 19.4 Å². The van der Waals surface area contributed by atoms with Gasteiger partial charge in [-0.25, -0.2) is 5.43 Å². The van der Waals surface area contributed by atoms with E-state index in [1.54, 1.807) is 49.6 Å². The van der Waals surface area contributed by atoms with Crippen LogP contribution in [0.3, 0.4) is 0 Å². The van der Waals surface area contributed by atoms with Crippen molar-refractivity contribution in [1.29, 1.82) is 0 Å². The molecule has 0 bridgehead atoms. The summed E-state index contributed by atoms with van der Waals surface area (Å²) in [5.41, 5.74) is 3.02. The highest BCUT2D eigenvalue weighted by Crippen LogP contribution is 2.16. The van der Waals surface area contributed by atoms with Gasteiger partial charge in [0.15, 0.2) is 6.61 Å². The number of amides is 1. The first kappa shape index (κ1) is 15.4. The number of phenolic OH excluding ortho intramolecular Hbond substituents is 1. The molecule has 2 aromatic rings. The summed E-state index contributed by atoms with van der Waals surface area (Å²) in [6.45, 7) is -0.149. The Bertz CT molecular complexity index is 653. The van der Waals surface area contributed by atoms with Crippen molar-refractivity contribution in [2.45, 2.75) is 0 Å². The molecule has 0 atom stereocenters. The Balaban J connectivity index is 1.77. The molecule has 2 aromatic carbocycles. The molecule has 0 aromatic heterocycles. The highest BCUT2D eigenvalue weighted by atomic mass is 16.5. The fourth-order valence-electron chi connectivity index (χ4n) is 1.64. The smallest absolute Gasteiger partial charge is 0.277 e. The van der Waals surface area contributed by atoms with Crippen LogP contribution in [0.15, 0.2) is 53.6 Å². The van der Waals surface area contributed by atoms with Gasteiger partial charge in [0.2, 0.25) is 0 Å². The van der Waals surface area contributed by atoms with Gasteiger partial charge >= 0.3 is 0 Å². The summed E-state index contributed by atoms with van der Waals surface area (Å²) in [5, 5.41) is 13.1. The first-order valence-electron chi connectivity index (χ1n) is 6.55. The molecule has 0 fully saturated rings. The summed E-state index contributed by atoms with van der Waals surface area (Å²) in [4.78, 5) is 11.6. The average molecular weight is 300 g/mol. The topological polar surface area (TPSA) is 80.2 Å². The maximum atomic E-state index is 11.6. The lowest BCUT2D eigenvalue weighted by molar-refractivity contribution is -0.123. The maximum absolute atomic E-state index is 11.6. The lowest BCUT2D eigenvalue weighted by atomic mass is 10.2. The number of hydrogen-bond acceptors (Lipinski definition) is 5. The zero-order chi connectivity index (χ0) is 15.8. The van der Waals surface area contributed by atoms with Gasteiger partial charge in [-0.15, -0.1) is 0 Å². The van der Waals surface area contributed by atoms with E-state index in [2.05, 4.69) is 10.5 Å². The van der Waals surface area contributed by atoms with Crippen molar-refractivity contribution in [3.8, 4) is 17.2 Å². The highest BCUT2D eigenvalue weighted by molar-refractivity contribution is 5.83. The average Bonchev–Trinajstić information content (AvgIpc) is 2.53.